The number of methoxy groups -OCH3 is 1. The Bertz CT molecular complexity index is 387. The number of ether oxygens (including phenoxy) is 1. The summed E-state index contributed by atoms with van der Waals surface area (Å²) in [6.45, 7) is 3.82. The van der Waals surface area contributed by atoms with Crippen molar-refractivity contribution < 1.29 is 9.13 Å². The van der Waals surface area contributed by atoms with E-state index in [1.165, 1.54) is 12.1 Å². The van der Waals surface area contributed by atoms with Gasteiger partial charge in [0.2, 0.25) is 0 Å². The van der Waals surface area contributed by atoms with Crippen molar-refractivity contribution in [1.29, 1.82) is 0 Å². The predicted octanol–water partition coefficient (Wildman–Crippen LogP) is 3.04. The molecule has 0 fully saturated rings. The normalized spacial score (nSPS) is 11.5. The Balaban J connectivity index is 2.90. The molecule has 15 heavy (non-hydrogen) atoms. The van der Waals surface area contributed by atoms with E-state index >= 15 is 0 Å². The molecule has 0 heterocycles. The number of hydrogen-bond donors (Lipinski definition) is 0. The zero-order valence-corrected chi connectivity index (χ0v) is 9.30. The summed E-state index contributed by atoms with van der Waals surface area (Å²) in [5.41, 5.74) is 0.868. The second kappa shape index (κ2) is 5.41. The number of rotatable bonds is 3. The van der Waals surface area contributed by atoms with Gasteiger partial charge in [-0.15, -0.1) is 11.8 Å². The smallest absolute Gasteiger partial charge is 0.123 e. The highest BCUT2D eigenvalue weighted by atomic mass is 19.1. The Hall–Kier alpha value is -1.49. The fraction of sp³-hybridized carbons (Fsp3) is 0.385. The molecule has 2 heteroatoms. The summed E-state index contributed by atoms with van der Waals surface area (Å²) in [6, 6.07) is 4.56. The van der Waals surface area contributed by atoms with Crippen molar-refractivity contribution in [1.82, 2.24) is 0 Å². The minimum Gasteiger partial charge on any atom is -0.496 e. The average Bonchev–Trinajstić information content (AvgIpc) is 2.18. The monoisotopic (exact) mass is 206 g/mol. The third-order valence-electron chi connectivity index (χ3n) is 2.16. The predicted molar refractivity (Wildman–Crippen MR) is 59.3 cm³/mol. The van der Waals surface area contributed by atoms with Crippen molar-refractivity contribution >= 4 is 0 Å². The highest BCUT2D eigenvalue weighted by Crippen LogP contribution is 2.22. The van der Waals surface area contributed by atoms with Gasteiger partial charge >= 0.3 is 0 Å². The molecular formula is C13H15FO. The molecule has 0 aromatic heterocycles. The first-order valence-electron chi connectivity index (χ1n) is 4.92. The van der Waals surface area contributed by atoms with Crippen LogP contribution in [0.3, 0.4) is 0 Å². The molecule has 0 amide bonds. The molecule has 1 rings (SSSR count). The van der Waals surface area contributed by atoms with Crippen molar-refractivity contribution in [3.63, 3.8) is 0 Å². The summed E-state index contributed by atoms with van der Waals surface area (Å²) in [4.78, 5) is 0. The van der Waals surface area contributed by atoms with Crippen LogP contribution in [0.2, 0.25) is 0 Å². The summed E-state index contributed by atoms with van der Waals surface area (Å²) in [6.07, 6.45) is 0.710. The fourth-order valence-electron chi connectivity index (χ4n) is 1.53. The van der Waals surface area contributed by atoms with Crippen molar-refractivity contribution in [3.05, 3.63) is 29.6 Å². The van der Waals surface area contributed by atoms with Crippen molar-refractivity contribution in [2.45, 2.75) is 20.3 Å². The van der Waals surface area contributed by atoms with E-state index in [4.69, 9.17) is 4.74 Å². The summed E-state index contributed by atoms with van der Waals surface area (Å²) in [7, 11) is 1.59. The van der Waals surface area contributed by atoms with Gasteiger partial charge in [-0.2, -0.15) is 0 Å². The van der Waals surface area contributed by atoms with Gasteiger partial charge in [-0.25, -0.2) is 4.39 Å². The van der Waals surface area contributed by atoms with E-state index in [2.05, 4.69) is 11.8 Å². The maximum absolute atomic E-state index is 13.0. The molecule has 0 aliphatic carbocycles. The molecule has 1 unspecified atom stereocenters. The van der Waals surface area contributed by atoms with Gasteiger partial charge in [-0.1, -0.05) is 6.92 Å². The molecule has 0 saturated carbocycles. The Kier molecular flexibility index (Phi) is 4.17. The molecule has 1 aromatic rings. The van der Waals surface area contributed by atoms with Gasteiger partial charge in [-0.3, -0.25) is 0 Å². The SMILES string of the molecule is CC#CC(C)Cc1cc(F)ccc1OC. The van der Waals surface area contributed by atoms with Crippen molar-refractivity contribution in [2.75, 3.05) is 7.11 Å². The van der Waals surface area contributed by atoms with E-state index in [9.17, 15) is 4.39 Å². The van der Waals surface area contributed by atoms with E-state index in [-0.39, 0.29) is 11.7 Å². The molecule has 1 aromatic carbocycles. The zero-order valence-electron chi connectivity index (χ0n) is 9.30. The van der Waals surface area contributed by atoms with Gasteiger partial charge in [0.25, 0.3) is 0 Å². The first kappa shape index (κ1) is 11.6. The van der Waals surface area contributed by atoms with Gasteiger partial charge in [0.15, 0.2) is 0 Å². The molecule has 0 N–H and O–H groups in total. The second-order valence-electron chi connectivity index (χ2n) is 3.46. The first-order chi connectivity index (χ1) is 7.17. The topological polar surface area (TPSA) is 9.23 Å². The Morgan fingerprint density at radius 1 is 1.47 bits per heavy atom. The maximum atomic E-state index is 13.0. The van der Waals surface area contributed by atoms with Crippen LogP contribution in [-0.2, 0) is 6.42 Å². The Labute approximate surface area is 90.3 Å². The van der Waals surface area contributed by atoms with Crippen LogP contribution in [0.25, 0.3) is 0 Å². The number of halogens is 1. The van der Waals surface area contributed by atoms with Crippen LogP contribution >= 0.6 is 0 Å². The van der Waals surface area contributed by atoms with Crippen molar-refractivity contribution in [3.8, 4) is 17.6 Å². The van der Waals surface area contributed by atoms with E-state index in [1.54, 1.807) is 20.1 Å². The number of hydrogen-bond acceptors (Lipinski definition) is 1. The highest BCUT2D eigenvalue weighted by Gasteiger charge is 2.07. The fourth-order valence-corrected chi connectivity index (χ4v) is 1.53. The van der Waals surface area contributed by atoms with Gasteiger partial charge in [0.05, 0.1) is 7.11 Å². The van der Waals surface area contributed by atoms with E-state index in [0.717, 1.165) is 11.3 Å². The van der Waals surface area contributed by atoms with Crippen LogP contribution in [0.1, 0.15) is 19.4 Å². The largest absolute Gasteiger partial charge is 0.496 e. The lowest BCUT2D eigenvalue weighted by Crippen LogP contribution is -2.00. The standard InChI is InChI=1S/C13H15FO/c1-4-5-10(2)8-11-9-12(14)6-7-13(11)15-3/h6-7,9-10H,8H2,1-3H3. The van der Waals surface area contributed by atoms with Gasteiger partial charge < -0.3 is 4.74 Å². The molecule has 0 bridgehead atoms. The molecule has 0 aliphatic rings. The van der Waals surface area contributed by atoms with Crippen LogP contribution < -0.4 is 4.74 Å². The Morgan fingerprint density at radius 3 is 2.80 bits per heavy atom. The molecule has 1 nitrogen and oxygen atoms in total. The lowest BCUT2D eigenvalue weighted by atomic mass is 10.0. The van der Waals surface area contributed by atoms with Crippen LogP contribution in [0.15, 0.2) is 18.2 Å². The summed E-state index contributed by atoms with van der Waals surface area (Å²) in [5, 5.41) is 0. The molecule has 0 radical (unpaired) electrons. The molecule has 0 saturated heterocycles. The van der Waals surface area contributed by atoms with Gasteiger partial charge in [0, 0.05) is 5.92 Å². The molecule has 0 spiro atoms. The van der Waals surface area contributed by atoms with E-state index in [0.29, 0.717) is 6.42 Å². The third-order valence-corrected chi connectivity index (χ3v) is 2.16. The third kappa shape index (κ3) is 3.28. The van der Waals surface area contributed by atoms with Crippen LogP contribution in [0.5, 0.6) is 5.75 Å². The number of benzene rings is 1. The summed E-state index contributed by atoms with van der Waals surface area (Å²) in [5.74, 6) is 6.60. The van der Waals surface area contributed by atoms with Crippen LogP contribution in [0.4, 0.5) is 4.39 Å². The quantitative estimate of drug-likeness (QED) is 0.691. The molecule has 0 aliphatic heterocycles. The lowest BCUT2D eigenvalue weighted by molar-refractivity contribution is 0.406. The summed E-state index contributed by atoms with van der Waals surface area (Å²) < 4.78 is 18.2. The average molecular weight is 206 g/mol. The zero-order chi connectivity index (χ0) is 11.3. The minimum atomic E-state index is -0.234. The van der Waals surface area contributed by atoms with Gasteiger partial charge in [0.1, 0.15) is 11.6 Å². The van der Waals surface area contributed by atoms with Crippen molar-refractivity contribution in [2.24, 2.45) is 5.92 Å². The van der Waals surface area contributed by atoms with Crippen LogP contribution in [0, 0.1) is 23.6 Å². The highest BCUT2D eigenvalue weighted by molar-refractivity contribution is 5.34. The maximum Gasteiger partial charge on any atom is 0.123 e. The molecule has 1 atom stereocenters. The van der Waals surface area contributed by atoms with Gasteiger partial charge in [-0.05, 0) is 37.1 Å². The first-order valence-corrected chi connectivity index (χ1v) is 4.92. The van der Waals surface area contributed by atoms with E-state index < -0.39 is 0 Å². The van der Waals surface area contributed by atoms with E-state index in [1.807, 2.05) is 6.92 Å². The lowest BCUT2D eigenvalue weighted by Gasteiger charge is -2.09. The molecular weight excluding hydrogens is 191 g/mol. The van der Waals surface area contributed by atoms with Crippen LogP contribution in [-0.4, -0.2) is 7.11 Å². The molecule has 80 valence electrons. The summed E-state index contributed by atoms with van der Waals surface area (Å²) >= 11 is 0. The minimum absolute atomic E-state index is 0.214. The second-order valence-corrected chi connectivity index (χ2v) is 3.46. The Morgan fingerprint density at radius 2 is 2.20 bits per heavy atom.